The molecule has 1 unspecified atom stereocenters. The van der Waals surface area contributed by atoms with Crippen molar-refractivity contribution in [3.63, 3.8) is 0 Å². The number of carbonyl (C=O) groups excluding carboxylic acids is 2. The van der Waals surface area contributed by atoms with E-state index in [1.807, 2.05) is 31.2 Å². The first-order valence-corrected chi connectivity index (χ1v) is 9.78. The molecule has 0 saturated heterocycles. The number of nitrogens with one attached hydrogen (secondary N) is 2. The topological polar surface area (TPSA) is 80.3 Å². The average molecular weight is 411 g/mol. The SMILES string of the molecule is COc1ccc(-c2nc(NC(=O)C3CC(=O)Nc4cc(F)ccc43)sc2C)cc1. The van der Waals surface area contributed by atoms with Gasteiger partial charge in [-0.2, -0.15) is 0 Å². The smallest absolute Gasteiger partial charge is 0.234 e. The summed E-state index contributed by atoms with van der Waals surface area (Å²) >= 11 is 1.36. The Morgan fingerprint density at radius 3 is 2.76 bits per heavy atom. The molecule has 29 heavy (non-hydrogen) atoms. The maximum absolute atomic E-state index is 13.5. The monoisotopic (exact) mass is 411 g/mol. The maximum Gasteiger partial charge on any atom is 0.234 e. The van der Waals surface area contributed by atoms with E-state index in [0.717, 1.165) is 21.9 Å². The zero-order valence-electron chi connectivity index (χ0n) is 15.8. The van der Waals surface area contributed by atoms with E-state index in [0.29, 0.717) is 16.4 Å². The van der Waals surface area contributed by atoms with Gasteiger partial charge in [-0.1, -0.05) is 6.07 Å². The lowest BCUT2D eigenvalue weighted by Gasteiger charge is -2.24. The van der Waals surface area contributed by atoms with E-state index in [9.17, 15) is 14.0 Å². The molecule has 1 aromatic heterocycles. The van der Waals surface area contributed by atoms with Crippen LogP contribution in [0.25, 0.3) is 11.3 Å². The van der Waals surface area contributed by atoms with Crippen molar-refractivity contribution in [1.82, 2.24) is 4.98 Å². The van der Waals surface area contributed by atoms with Crippen LogP contribution < -0.4 is 15.4 Å². The lowest BCUT2D eigenvalue weighted by molar-refractivity contribution is -0.123. The number of thiazole rings is 1. The highest BCUT2D eigenvalue weighted by Crippen LogP contribution is 2.35. The third-order valence-corrected chi connectivity index (χ3v) is 5.65. The number of methoxy groups -OCH3 is 1. The first-order valence-electron chi connectivity index (χ1n) is 8.96. The second-order valence-corrected chi connectivity index (χ2v) is 7.88. The van der Waals surface area contributed by atoms with E-state index in [1.54, 1.807) is 7.11 Å². The van der Waals surface area contributed by atoms with E-state index >= 15 is 0 Å². The lowest BCUT2D eigenvalue weighted by Crippen LogP contribution is -2.30. The summed E-state index contributed by atoms with van der Waals surface area (Å²) in [7, 11) is 1.61. The molecule has 1 aliphatic heterocycles. The molecule has 3 aromatic rings. The second-order valence-electron chi connectivity index (χ2n) is 6.68. The Labute approximate surface area is 170 Å². The van der Waals surface area contributed by atoms with Crippen molar-refractivity contribution >= 4 is 34.0 Å². The van der Waals surface area contributed by atoms with E-state index in [4.69, 9.17) is 4.74 Å². The molecule has 0 saturated carbocycles. The van der Waals surface area contributed by atoms with Gasteiger partial charge in [-0.05, 0) is 48.9 Å². The van der Waals surface area contributed by atoms with Crippen molar-refractivity contribution in [3.05, 3.63) is 58.7 Å². The largest absolute Gasteiger partial charge is 0.497 e. The number of aryl methyl sites for hydroxylation is 1. The molecule has 4 rings (SSSR count). The Bertz CT molecular complexity index is 1100. The van der Waals surface area contributed by atoms with Gasteiger partial charge in [0.1, 0.15) is 11.6 Å². The summed E-state index contributed by atoms with van der Waals surface area (Å²) < 4.78 is 18.7. The fourth-order valence-corrected chi connectivity index (χ4v) is 4.17. The van der Waals surface area contributed by atoms with Gasteiger partial charge in [0.2, 0.25) is 11.8 Å². The number of ether oxygens (including phenoxy) is 1. The normalized spacial score (nSPS) is 15.4. The number of halogens is 1. The number of nitrogens with zero attached hydrogens (tertiary/aromatic N) is 1. The summed E-state index contributed by atoms with van der Waals surface area (Å²) in [6, 6.07) is 11.6. The lowest BCUT2D eigenvalue weighted by atomic mass is 9.90. The average Bonchev–Trinajstić information content (AvgIpc) is 3.07. The summed E-state index contributed by atoms with van der Waals surface area (Å²) in [5.41, 5.74) is 2.61. The molecule has 6 nitrogen and oxygen atoms in total. The molecule has 2 amide bonds. The number of aromatic nitrogens is 1. The standard InChI is InChI=1S/C21H18FN3O3S/c1-11-19(12-3-6-14(28-2)7-4-12)24-21(29-11)25-20(27)16-10-18(26)23-17-9-13(22)5-8-15(16)17/h3-9,16H,10H2,1-2H3,(H,23,26)(H,24,25,27). The van der Waals surface area contributed by atoms with Crippen LogP contribution in [0.1, 0.15) is 22.8 Å². The maximum atomic E-state index is 13.5. The number of fused-ring (bicyclic) bond motifs is 1. The number of anilines is 2. The number of benzene rings is 2. The summed E-state index contributed by atoms with van der Waals surface area (Å²) in [6.45, 7) is 1.93. The van der Waals surface area contributed by atoms with Gasteiger partial charge in [0.25, 0.3) is 0 Å². The molecule has 0 spiro atoms. The Balaban J connectivity index is 1.57. The van der Waals surface area contributed by atoms with Gasteiger partial charge in [-0.15, -0.1) is 11.3 Å². The molecule has 2 aromatic carbocycles. The molecule has 0 aliphatic carbocycles. The number of carbonyl (C=O) groups is 2. The Hall–Kier alpha value is -3.26. The van der Waals surface area contributed by atoms with E-state index < -0.39 is 11.7 Å². The van der Waals surface area contributed by atoms with Crippen LogP contribution >= 0.6 is 11.3 Å². The predicted octanol–water partition coefficient (Wildman–Crippen LogP) is 4.33. The van der Waals surface area contributed by atoms with Gasteiger partial charge in [0.05, 0.1) is 18.7 Å². The molecule has 148 valence electrons. The van der Waals surface area contributed by atoms with Crippen molar-refractivity contribution in [3.8, 4) is 17.0 Å². The minimum absolute atomic E-state index is 0.000159. The highest BCUT2D eigenvalue weighted by molar-refractivity contribution is 7.16. The van der Waals surface area contributed by atoms with Gasteiger partial charge in [0, 0.05) is 22.5 Å². The third kappa shape index (κ3) is 3.84. The summed E-state index contributed by atoms with van der Waals surface area (Å²) in [5, 5.41) is 5.87. The summed E-state index contributed by atoms with van der Waals surface area (Å²) in [6.07, 6.45) is 0.000159. The molecular weight excluding hydrogens is 393 g/mol. The van der Waals surface area contributed by atoms with Gasteiger partial charge in [-0.3, -0.25) is 9.59 Å². The molecule has 2 heterocycles. The van der Waals surface area contributed by atoms with E-state index in [-0.39, 0.29) is 18.2 Å². The minimum atomic E-state index is -0.701. The number of hydrogen-bond acceptors (Lipinski definition) is 5. The van der Waals surface area contributed by atoms with Gasteiger partial charge in [0.15, 0.2) is 5.13 Å². The fourth-order valence-electron chi connectivity index (χ4n) is 3.33. The molecule has 2 N–H and O–H groups in total. The van der Waals surface area contributed by atoms with Crippen LogP contribution in [0.4, 0.5) is 15.2 Å². The van der Waals surface area contributed by atoms with Crippen molar-refractivity contribution in [2.45, 2.75) is 19.3 Å². The molecule has 0 bridgehead atoms. The van der Waals surface area contributed by atoms with Crippen LogP contribution in [0.15, 0.2) is 42.5 Å². The van der Waals surface area contributed by atoms with Gasteiger partial charge in [-0.25, -0.2) is 9.37 Å². The summed E-state index contributed by atoms with van der Waals surface area (Å²) in [4.78, 5) is 30.3. The molecule has 1 atom stereocenters. The van der Waals surface area contributed by atoms with Gasteiger partial charge < -0.3 is 15.4 Å². The van der Waals surface area contributed by atoms with Crippen LogP contribution in [0, 0.1) is 12.7 Å². The molecule has 0 fully saturated rings. The fraction of sp³-hybridized carbons (Fsp3) is 0.190. The molecular formula is C21H18FN3O3S. The molecule has 0 radical (unpaired) electrons. The third-order valence-electron chi connectivity index (χ3n) is 4.76. The van der Waals surface area contributed by atoms with Crippen LogP contribution in [-0.4, -0.2) is 23.9 Å². The van der Waals surface area contributed by atoms with Crippen LogP contribution in [0.2, 0.25) is 0 Å². The van der Waals surface area contributed by atoms with Gasteiger partial charge >= 0.3 is 0 Å². The highest BCUT2D eigenvalue weighted by Gasteiger charge is 2.31. The Morgan fingerprint density at radius 2 is 2.03 bits per heavy atom. The minimum Gasteiger partial charge on any atom is -0.497 e. The zero-order valence-corrected chi connectivity index (χ0v) is 16.6. The number of rotatable bonds is 4. The van der Waals surface area contributed by atoms with Crippen molar-refractivity contribution in [1.29, 1.82) is 0 Å². The quantitative estimate of drug-likeness (QED) is 0.670. The van der Waals surface area contributed by atoms with Crippen molar-refractivity contribution in [2.75, 3.05) is 17.7 Å². The van der Waals surface area contributed by atoms with Crippen molar-refractivity contribution in [2.24, 2.45) is 0 Å². The van der Waals surface area contributed by atoms with E-state index in [2.05, 4.69) is 15.6 Å². The van der Waals surface area contributed by atoms with E-state index in [1.165, 1.54) is 29.5 Å². The van der Waals surface area contributed by atoms with Crippen LogP contribution in [-0.2, 0) is 9.59 Å². The van der Waals surface area contributed by atoms with Crippen LogP contribution in [0.5, 0.6) is 5.75 Å². The molecule has 8 heteroatoms. The Morgan fingerprint density at radius 1 is 1.28 bits per heavy atom. The van der Waals surface area contributed by atoms with Crippen LogP contribution in [0.3, 0.4) is 0 Å². The molecule has 1 aliphatic rings. The highest BCUT2D eigenvalue weighted by atomic mass is 32.1. The summed E-state index contributed by atoms with van der Waals surface area (Å²) in [5.74, 6) is -1.08. The number of hydrogen-bond donors (Lipinski definition) is 2. The number of amides is 2. The first kappa shape index (κ1) is 19.1. The first-order chi connectivity index (χ1) is 13.9. The Kier molecular flexibility index (Phi) is 5.02. The van der Waals surface area contributed by atoms with Crippen molar-refractivity contribution < 1.29 is 18.7 Å². The zero-order chi connectivity index (χ0) is 20.5. The predicted molar refractivity (Wildman–Crippen MR) is 110 cm³/mol. The second kappa shape index (κ2) is 7.63.